The number of aromatic nitrogens is 1. The molecule has 3 aromatic rings. The minimum Gasteiger partial charge on any atom is -0.365 e. The quantitative estimate of drug-likeness (QED) is 0.463. The third-order valence-electron chi connectivity index (χ3n) is 6.16. The van der Waals surface area contributed by atoms with E-state index in [1.54, 1.807) is 0 Å². The molecule has 1 aliphatic carbocycles. The van der Waals surface area contributed by atoms with E-state index in [-0.39, 0.29) is 11.6 Å². The molecule has 3 saturated heterocycles. The summed E-state index contributed by atoms with van der Waals surface area (Å²) in [5.41, 5.74) is 5.12. The van der Waals surface area contributed by atoms with Crippen molar-refractivity contribution in [3.05, 3.63) is 89.9 Å². The highest BCUT2D eigenvalue weighted by Crippen LogP contribution is 2.34. The van der Waals surface area contributed by atoms with Gasteiger partial charge in [0.25, 0.3) is 0 Å². The van der Waals surface area contributed by atoms with Gasteiger partial charge in [-0.3, -0.25) is 9.59 Å². The molecular weight excluding hydrogens is 412 g/mol. The molecule has 4 heterocycles. The number of rotatable bonds is 4. The first kappa shape index (κ1) is 19.7. The number of fused-ring (bicyclic) bond motifs is 1. The minimum atomic E-state index is 0.00546. The number of para-hydroxylation sites is 1. The Morgan fingerprint density at radius 1 is 0.636 bits per heavy atom. The van der Waals surface area contributed by atoms with E-state index < -0.39 is 0 Å². The van der Waals surface area contributed by atoms with E-state index in [9.17, 15) is 9.59 Å². The smallest absolute Gasteiger partial charge is 0.227 e. The van der Waals surface area contributed by atoms with Crippen LogP contribution in [0, 0.1) is 0 Å². The number of allylic oxidation sites excluding steroid dienone is 1. The Morgan fingerprint density at radius 2 is 1.27 bits per heavy atom. The fraction of sp³-hybridized carbons (Fsp3) is 0.222. The van der Waals surface area contributed by atoms with Crippen LogP contribution < -0.4 is 0 Å². The van der Waals surface area contributed by atoms with Crippen LogP contribution in [0.1, 0.15) is 0 Å². The third kappa shape index (κ3) is 4.00. The highest BCUT2D eigenvalue weighted by molar-refractivity contribution is 6.22. The van der Waals surface area contributed by atoms with Crippen molar-refractivity contribution in [2.45, 2.75) is 0 Å². The molecule has 0 amide bonds. The summed E-state index contributed by atoms with van der Waals surface area (Å²) < 4.78 is 0. The predicted octanol–water partition coefficient (Wildman–Crippen LogP) is 3.08. The lowest BCUT2D eigenvalue weighted by Crippen LogP contribution is -2.29. The van der Waals surface area contributed by atoms with E-state index in [0.29, 0.717) is 17.1 Å². The van der Waals surface area contributed by atoms with Crippen LogP contribution in [0.3, 0.4) is 0 Å². The summed E-state index contributed by atoms with van der Waals surface area (Å²) in [7, 11) is 0. The van der Waals surface area contributed by atoms with Gasteiger partial charge in [0.2, 0.25) is 11.6 Å². The topological polar surface area (TPSA) is 56.1 Å². The summed E-state index contributed by atoms with van der Waals surface area (Å²) in [6.07, 6.45) is 1.52. The lowest BCUT2D eigenvalue weighted by molar-refractivity contribution is -0.117. The van der Waals surface area contributed by atoms with Crippen LogP contribution >= 0.6 is 0 Å². The van der Waals surface area contributed by atoms with Gasteiger partial charge in [-0.1, -0.05) is 54.6 Å². The molecule has 3 fully saturated rings. The van der Waals surface area contributed by atoms with E-state index in [4.69, 9.17) is 0 Å². The molecule has 33 heavy (non-hydrogen) atoms. The van der Waals surface area contributed by atoms with Crippen LogP contribution in [0.25, 0.3) is 22.2 Å². The first-order valence-electron chi connectivity index (χ1n) is 11.4. The third-order valence-corrected chi connectivity index (χ3v) is 6.16. The van der Waals surface area contributed by atoms with E-state index in [1.165, 1.54) is 11.5 Å². The van der Waals surface area contributed by atoms with Crippen LogP contribution in [0.4, 0.5) is 0 Å². The molecule has 1 aromatic heterocycles. The zero-order valence-corrected chi connectivity index (χ0v) is 18.3. The van der Waals surface area contributed by atoms with Crippen molar-refractivity contribution in [3.63, 3.8) is 0 Å². The molecule has 4 aliphatic rings. The van der Waals surface area contributed by atoms with Crippen molar-refractivity contribution in [3.8, 4) is 11.3 Å². The molecule has 0 N–H and O–H groups in total. The van der Waals surface area contributed by atoms with E-state index in [2.05, 4.69) is 35.3 Å². The fourth-order valence-electron chi connectivity index (χ4n) is 4.11. The summed E-state index contributed by atoms with van der Waals surface area (Å²) in [5.74, 6) is 0.0485. The van der Waals surface area contributed by atoms with Crippen LogP contribution in [0.5, 0.6) is 0 Å². The monoisotopic (exact) mass is 436 g/mol. The Morgan fingerprint density at radius 3 is 1.97 bits per heavy atom. The zero-order chi connectivity index (χ0) is 22.4. The standard InChI is InChI=1S/C15H11N.C12H13N3O2/c1-2-6-12(7-3-1)15-11-10-13-8-4-5-9-14(13)16-15;16-9-7-8(13-1-2-13)12(17)11(15-5-6-15)10(9)14-3-4-14/h1-11H;7H,1-6H2. The zero-order valence-electron chi connectivity index (χ0n) is 18.3. The van der Waals surface area contributed by atoms with Crippen molar-refractivity contribution in [2.24, 2.45) is 0 Å². The maximum absolute atomic E-state index is 12.4. The van der Waals surface area contributed by atoms with Gasteiger partial charge in [0.1, 0.15) is 11.4 Å². The van der Waals surface area contributed by atoms with Gasteiger partial charge < -0.3 is 14.7 Å². The van der Waals surface area contributed by atoms with Gasteiger partial charge >= 0.3 is 0 Å². The second-order valence-corrected chi connectivity index (χ2v) is 8.64. The van der Waals surface area contributed by atoms with E-state index in [1.807, 2.05) is 51.1 Å². The van der Waals surface area contributed by atoms with Gasteiger partial charge in [-0.15, -0.1) is 0 Å². The molecule has 2 aromatic carbocycles. The second-order valence-electron chi connectivity index (χ2n) is 8.64. The number of pyridine rings is 1. The van der Waals surface area contributed by atoms with Gasteiger partial charge in [-0.05, 0) is 12.1 Å². The lowest BCUT2D eigenvalue weighted by atomic mass is 10.0. The Labute approximate surface area is 192 Å². The first-order chi connectivity index (χ1) is 16.2. The van der Waals surface area contributed by atoms with Gasteiger partial charge in [0.15, 0.2) is 0 Å². The largest absolute Gasteiger partial charge is 0.365 e. The van der Waals surface area contributed by atoms with Crippen LogP contribution in [-0.4, -0.2) is 70.5 Å². The maximum Gasteiger partial charge on any atom is 0.227 e. The Kier molecular flexibility index (Phi) is 4.72. The van der Waals surface area contributed by atoms with Crippen LogP contribution in [0.2, 0.25) is 0 Å². The minimum absolute atomic E-state index is 0.00546. The van der Waals surface area contributed by atoms with Gasteiger partial charge in [0.05, 0.1) is 16.9 Å². The number of ketones is 2. The first-order valence-corrected chi connectivity index (χ1v) is 11.4. The van der Waals surface area contributed by atoms with Crippen molar-refractivity contribution in [1.29, 1.82) is 0 Å². The average molecular weight is 437 g/mol. The Hall–Kier alpha value is -3.93. The normalized spacial score (nSPS) is 18.8. The predicted molar refractivity (Wildman–Crippen MR) is 127 cm³/mol. The van der Waals surface area contributed by atoms with E-state index in [0.717, 1.165) is 56.0 Å². The average Bonchev–Trinajstić information content (AvgIpc) is 3.71. The summed E-state index contributed by atoms with van der Waals surface area (Å²) in [6.45, 7) is 5.41. The van der Waals surface area contributed by atoms with Gasteiger partial charge in [-0.25, -0.2) is 4.98 Å². The van der Waals surface area contributed by atoms with Crippen LogP contribution in [0.15, 0.2) is 89.9 Å². The highest BCUT2D eigenvalue weighted by atomic mass is 16.1. The molecule has 164 valence electrons. The van der Waals surface area contributed by atoms with Gasteiger partial charge in [-0.2, -0.15) is 0 Å². The molecule has 6 nitrogen and oxygen atoms in total. The number of Topliss-reactive ketones (excluding diaryl/α,β-unsaturated/α-hetero) is 1. The van der Waals surface area contributed by atoms with Gasteiger partial charge in [0, 0.05) is 56.3 Å². The second kappa shape index (κ2) is 7.89. The van der Waals surface area contributed by atoms with Crippen molar-refractivity contribution in [1.82, 2.24) is 19.7 Å². The summed E-state index contributed by atoms with van der Waals surface area (Å²) in [4.78, 5) is 35.1. The number of hydrogen-bond donors (Lipinski definition) is 0. The number of hydrogen-bond acceptors (Lipinski definition) is 6. The Bertz CT molecular complexity index is 1320. The van der Waals surface area contributed by atoms with Crippen molar-refractivity contribution in [2.75, 3.05) is 39.3 Å². The molecule has 3 aliphatic heterocycles. The summed E-state index contributed by atoms with van der Waals surface area (Å²) in [5, 5.41) is 1.18. The molecular formula is C27H24N4O2. The fourth-order valence-corrected chi connectivity index (χ4v) is 4.11. The van der Waals surface area contributed by atoms with E-state index >= 15 is 0 Å². The molecule has 7 rings (SSSR count). The number of nitrogens with zero attached hydrogens (tertiary/aromatic N) is 4. The SMILES string of the molecule is O=C1C=C(N2CC2)C(=O)C(N2CC2)=C1N1CC1.c1ccc(-c2ccc3ccccc3n2)cc1. The number of benzene rings is 2. The Balaban J connectivity index is 0.000000125. The number of carbonyl (C=O) groups is 2. The maximum atomic E-state index is 12.4. The molecule has 0 atom stereocenters. The van der Waals surface area contributed by atoms with Crippen molar-refractivity contribution < 1.29 is 9.59 Å². The molecule has 0 unspecified atom stereocenters. The molecule has 0 spiro atoms. The lowest BCUT2D eigenvalue weighted by Gasteiger charge is -2.21. The summed E-state index contributed by atoms with van der Waals surface area (Å²) >= 11 is 0. The van der Waals surface area contributed by atoms with Crippen LogP contribution in [-0.2, 0) is 9.59 Å². The molecule has 0 bridgehead atoms. The molecule has 6 heteroatoms. The molecule has 0 radical (unpaired) electrons. The summed E-state index contributed by atoms with van der Waals surface area (Å²) in [6, 6.07) is 22.6. The number of carbonyl (C=O) groups excluding carboxylic acids is 2. The molecule has 0 saturated carbocycles. The van der Waals surface area contributed by atoms with Crippen molar-refractivity contribution >= 4 is 22.5 Å². The highest BCUT2D eigenvalue weighted by Gasteiger charge is 2.43.